The second-order valence-corrected chi connectivity index (χ2v) is 5.18. The SMILES string of the molecule is O=C(O)c1ccc(COc2cccc(Br)c2)c(Cl)c1. The predicted octanol–water partition coefficient (Wildman–Crippen LogP) is 4.38. The van der Waals surface area contributed by atoms with Crippen LogP contribution in [0.15, 0.2) is 46.9 Å². The van der Waals surface area contributed by atoms with Crippen molar-refractivity contribution in [1.29, 1.82) is 0 Å². The van der Waals surface area contributed by atoms with Gasteiger partial charge in [-0.3, -0.25) is 0 Å². The van der Waals surface area contributed by atoms with E-state index in [9.17, 15) is 4.79 Å². The quantitative estimate of drug-likeness (QED) is 0.897. The predicted molar refractivity (Wildman–Crippen MR) is 76.9 cm³/mol. The van der Waals surface area contributed by atoms with E-state index in [1.54, 1.807) is 6.07 Å². The molecule has 0 saturated carbocycles. The minimum absolute atomic E-state index is 0.163. The van der Waals surface area contributed by atoms with Gasteiger partial charge < -0.3 is 9.84 Å². The molecule has 0 fully saturated rings. The zero-order valence-electron chi connectivity index (χ0n) is 9.77. The van der Waals surface area contributed by atoms with Gasteiger partial charge in [0.15, 0.2) is 0 Å². The fourth-order valence-electron chi connectivity index (χ4n) is 1.52. The maximum Gasteiger partial charge on any atom is 0.335 e. The van der Waals surface area contributed by atoms with Gasteiger partial charge in [0.25, 0.3) is 0 Å². The third-order valence-corrected chi connectivity index (χ3v) is 3.34. The van der Waals surface area contributed by atoms with Gasteiger partial charge in [-0.2, -0.15) is 0 Å². The Kier molecular flexibility index (Phi) is 4.45. The summed E-state index contributed by atoms with van der Waals surface area (Å²) in [5, 5.41) is 9.23. The van der Waals surface area contributed by atoms with Crippen molar-refractivity contribution in [2.45, 2.75) is 6.61 Å². The summed E-state index contributed by atoms with van der Waals surface area (Å²) in [6.45, 7) is 0.287. The Morgan fingerprint density at radius 2 is 2.05 bits per heavy atom. The van der Waals surface area contributed by atoms with Crippen LogP contribution < -0.4 is 4.74 Å². The lowest BCUT2D eigenvalue weighted by Crippen LogP contribution is -2.00. The Bertz CT molecular complexity index is 613. The molecule has 2 aromatic rings. The van der Waals surface area contributed by atoms with Crippen LogP contribution in [0, 0.1) is 0 Å². The van der Waals surface area contributed by atoms with Gasteiger partial charge in [0.1, 0.15) is 12.4 Å². The maximum absolute atomic E-state index is 10.8. The topological polar surface area (TPSA) is 46.5 Å². The van der Waals surface area contributed by atoms with Crippen LogP contribution in [0.25, 0.3) is 0 Å². The van der Waals surface area contributed by atoms with E-state index in [1.807, 2.05) is 24.3 Å². The fourth-order valence-corrected chi connectivity index (χ4v) is 2.13. The third-order valence-electron chi connectivity index (χ3n) is 2.49. The first-order chi connectivity index (χ1) is 9.06. The molecule has 0 spiro atoms. The number of rotatable bonds is 4. The summed E-state index contributed by atoms with van der Waals surface area (Å²) >= 11 is 9.38. The van der Waals surface area contributed by atoms with Crippen molar-refractivity contribution >= 4 is 33.5 Å². The second-order valence-electron chi connectivity index (χ2n) is 3.86. The average molecular weight is 342 g/mol. The molecule has 3 nitrogen and oxygen atoms in total. The highest BCUT2D eigenvalue weighted by atomic mass is 79.9. The Balaban J connectivity index is 2.10. The Labute approximate surface area is 123 Å². The highest BCUT2D eigenvalue weighted by molar-refractivity contribution is 9.10. The summed E-state index contributed by atoms with van der Waals surface area (Å²) in [6, 6.07) is 12.0. The molecule has 2 rings (SSSR count). The van der Waals surface area contributed by atoms with Crippen LogP contribution in [-0.2, 0) is 6.61 Å². The molecule has 5 heteroatoms. The first-order valence-electron chi connectivity index (χ1n) is 5.46. The molecule has 0 amide bonds. The number of carbonyl (C=O) groups is 1. The lowest BCUT2D eigenvalue weighted by atomic mass is 10.1. The molecule has 0 aliphatic carbocycles. The third kappa shape index (κ3) is 3.72. The van der Waals surface area contributed by atoms with Gasteiger partial charge in [0, 0.05) is 15.1 Å². The minimum Gasteiger partial charge on any atom is -0.489 e. The standard InChI is InChI=1S/C14H10BrClO3/c15-11-2-1-3-12(7-11)19-8-10-5-4-9(14(17)18)6-13(10)16/h1-7H,8H2,(H,17,18). The van der Waals surface area contributed by atoms with Crippen LogP contribution >= 0.6 is 27.5 Å². The van der Waals surface area contributed by atoms with Gasteiger partial charge in [-0.1, -0.05) is 39.7 Å². The van der Waals surface area contributed by atoms with Crippen molar-refractivity contribution < 1.29 is 14.6 Å². The van der Waals surface area contributed by atoms with E-state index in [4.69, 9.17) is 21.4 Å². The maximum atomic E-state index is 10.8. The number of carboxylic acids is 1. The number of aromatic carboxylic acids is 1. The molecule has 0 aliphatic rings. The van der Waals surface area contributed by atoms with Crippen LogP contribution in [-0.4, -0.2) is 11.1 Å². The van der Waals surface area contributed by atoms with Crippen molar-refractivity contribution in [3.8, 4) is 5.75 Å². The first kappa shape index (κ1) is 13.9. The van der Waals surface area contributed by atoms with Gasteiger partial charge in [0.2, 0.25) is 0 Å². The van der Waals surface area contributed by atoms with Crippen LogP contribution in [0.3, 0.4) is 0 Å². The number of benzene rings is 2. The lowest BCUT2D eigenvalue weighted by molar-refractivity contribution is 0.0697. The monoisotopic (exact) mass is 340 g/mol. The molecule has 2 aromatic carbocycles. The molecular weight excluding hydrogens is 332 g/mol. The normalized spacial score (nSPS) is 10.2. The highest BCUT2D eigenvalue weighted by Crippen LogP contribution is 2.22. The van der Waals surface area contributed by atoms with Crippen molar-refractivity contribution in [1.82, 2.24) is 0 Å². The van der Waals surface area contributed by atoms with Crippen molar-refractivity contribution in [3.05, 3.63) is 63.1 Å². The van der Waals surface area contributed by atoms with E-state index in [0.29, 0.717) is 10.8 Å². The molecular formula is C14H10BrClO3. The van der Waals surface area contributed by atoms with E-state index in [0.717, 1.165) is 10.0 Å². The average Bonchev–Trinajstić information content (AvgIpc) is 2.37. The fraction of sp³-hybridized carbons (Fsp3) is 0.0714. The molecule has 98 valence electrons. The summed E-state index contributed by atoms with van der Waals surface area (Å²) in [6.07, 6.45) is 0. The summed E-state index contributed by atoms with van der Waals surface area (Å²) < 4.78 is 6.52. The largest absolute Gasteiger partial charge is 0.489 e. The van der Waals surface area contributed by atoms with Crippen molar-refractivity contribution in [2.75, 3.05) is 0 Å². The Hall–Kier alpha value is -1.52. The molecule has 0 heterocycles. The molecule has 0 unspecified atom stereocenters. The zero-order chi connectivity index (χ0) is 13.8. The smallest absolute Gasteiger partial charge is 0.335 e. The number of hydrogen-bond acceptors (Lipinski definition) is 2. The van der Waals surface area contributed by atoms with Crippen LogP contribution in [0.1, 0.15) is 15.9 Å². The Morgan fingerprint density at radius 1 is 1.26 bits per heavy atom. The van der Waals surface area contributed by atoms with Crippen LogP contribution in [0.4, 0.5) is 0 Å². The van der Waals surface area contributed by atoms with E-state index in [-0.39, 0.29) is 12.2 Å². The highest BCUT2D eigenvalue weighted by Gasteiger charge is 2.07. The van der Waals surface area contributed by atoms with Gasteiger partial charge in [0.05, 0.1) is 5.56 Å². The molecule has 19 heavy (non-hydrogen) atoms. The van der Waals surface area contributed by atoms with Gasteiger partial charge >= 0.3 is 5.97 Å². The van der Waals surface area contributed by atoms with Crippen LogP contribution in [0.5, 0.6) is 5.75 Å². The van der Waals surface area contributed by atoms with Gasteiger partial charge in [-0.25, -0.2) is 4.79 Å². The minimum atomic E-state index is -0.999. The molecule has 0 bridgehead atoms. The molecule has 0 saturated heterocycles. The van der Waals surface area contributed by atoms with Gasteiger partial charge in [-0.15, -0.1) is 0 Å². The number of hydrogen-bond donors (Lipinski definition) is 1. The number of carboxylic acid groups (broad SMARTS) is 1. The summed E-state index contributed by atoms with van der Waals surface area (Å²) in [7, 11) is 0. The summed E-state index contributed by atoms with van der Waals surface area (Å²) in [4.78, 5) is 10.8. The lowest BCUT2D eigenvalue weighted by Gasteiger charge is -2.08. The summed E-state index contributed by atoms with van der Waals surface area (Å²) in [5.41, 5.74) is 0.905. The van der Waals surface area contributed by atoms with E-state index >= 15 is 0 Å². The molecule has 1 N–H and O–H groups in total. The Morgan fingerprint density at radius 3 is 2.68 bits per heavy atom. The van der Waals surface area contributed by atoms with Gasteiger partial charge in [-0.05, 0) is 30.3 Å². The van der Waals surface area contributed by atoms with Crippen LogP contribution in [0.2, 0.25) is 5.02 Å². The molecule has 0 aliphatic heterocycles. The molecule has 0 aromatic heterocycles. The van der Waals surface area contributed by atoms with E-state index in [2.05, 4.69) is 15.9 Å². The molecule has 0 atom stereocenters. The van der Waals surface area contributed by atoms with Crippen molar-refractivity contribution in [3.63, 3.8) is 0 Å². The first-order valence-corrected chi connectivity index (χ1v) is 6.63. The number of ether oxygens (including phenoxy) is 1. The number of halogens is 2. The summed E-state index contributed by atoms with van der Waals surface area (Å²) in [5.74, 6) is -0.283. The zero-order valence-corrected chi connectivity index (χ0v) is 12.1. The molecule has 0 radical (unpaired) electrons. The van der Waals surface area contributed by atoms with E-state index in [1.165, 1.54) is 12.1 Å². The van der Waals surface area contributed by atoms with Crippen molar-refractivity contribution in [2.24, 2.45) is 0 Å². The van der Waals surface area contributed by atoms with E-state index < -0.39 is 5.97 Å². The second kappa shape index (κ2) is 6.08.